The third-order valence-electron chi connectivity index (χ3n) is 3.59. The highest BCUT2D eigenvalue weighted by atomic mass is 32.2. The third-order valence-corrected chi connectivity index (χ3v) is 4.47. The van der Waals surface area contributed by atoms with Crippen LogP contribution in [0.15, 0.2) is 53.7 Å². The van der Waals surface area contributed by atoms with Crippen LogP contribution >= 0.6 is 11.8 Å². The summed E-state index contributed by atoms with van der Waals surface area (Å²) < 4.78 is 6.99. The normalized spacial score (nSPS) is 10.6. The molecule has 0 saturated carbocycles. The van der Waals surface area contributed by atoms with Crippen LogP contribution in [0.2, 0.25) is 0 Å². The van der Waals surface area contributed by atoms with Crippen LogP contribution in [0.3, 0.4) is 0 Å². The molecule has 6 nitrogen and oxygen atoms in total. The minimum absolute atomic E-state index is 0.290. The van der Waals surface area contributed by atoms with Gasteiger partial charge in [0.1, 0.15) is 6.61 Å². The second kappa shape index (κ2) is 7.94. The van der Waals surface area contributed by atoms with Gasteiger partial charge in [-0.25, -0.2) is 4.79 Å². The molecule has 0 amide bonds. The first-order chi connectivity index (χ1) is 12.1. The number of hydrogen-bond acceptors (Lipinski definition) is 6. The summed E-state index contributed by atoms with van der Waals surface area (Å²) in [6.07, 6.45) is 0. The quantitative estimate of drug-likeness (QED) is 0.384. The molecule has 3 aromatic rings. The molecular weight excluding hydrogens is 336 g/mol. The lowest BCUT2D eigenvalue weighted by molar-refractivity contribution is 0.0530. The Morgan fingerprint density at radius 2 is 1.96 bits per heavy atom. The molecule has 0 aliphatic carbocycles. The number of rotatable bonds is 6. The molecule has 0 unspecified atom stereocenters. The van der Waals surface area contributed by atoms with Crippen LogP contribution in [-0.2, 0) is 4.74 Å². The summed E-state index contributed by atoms with van der Waals surface area (Å²) in [6, 6.07) is 15.1. The van der Waals surface area contributed by atoms with E-state index in [-0.39, 0.29) is 12.6 Å². The highest BCUT2D eigenvalue weighted by Gasteiger charge is 2.12. The van der Waals surface area contributed by atoms with E-state index >= 15 is 0 Å². The maximum atomic E-state index is 11.9. The fourth-order valence-electron chi connectivity index (χ4n) is 2.29. The van der Waals surface area contributed by atoms with Crippen LogP contribution in [0.1, 0.15) is 21.5 Å². The minimum Gasteiger partial charge on any atom is -0.461 e. The van der Waals surface area contributed by atoms with Gasteiger partial charge in [0, 0.05) is 5.75 Å². The van der Waals surface area contributed by atoms with Gasteiger partial charge in [0.2, 0.25) is 5.16 Å². The Morgan fingerprint density at radius 3 is 2.76 bits per heavy atom. The molecule has 0 radical (unpaired) electrons. The van der Waals surface area contributed by atoms with Crippen LogP contribution < -0.4 is 0 Å². The molecule has 1 aromatic heterocycles. The number of hydrogen-bond donors (Lipinski definition) is 0. The number of benzene rings is 2. The first-order valence-corrected chi connectivity index (χ1v) is 8.84. The highest BCUT2D eigenvalue weighted by molar-refractivity contribution is 7.99. The van der Waals surface area contributed by atoms with Gasteiger partial charge in [0.15, 0.2) is 0 Å². The van der Waals surface area contributed by atoms with E-state index in [0.717, 1.165) is 16.8 Å². The summed E-state index contributed by atoms with van der Waals surface area (Å²) in [5, 5.41) is 12.6. The lowest BCUT2D eigenvalue weighted by Crippen LogP contribution is -2.08. The Balaban J connectivity index is 1.59. The van der Waals surface area contributed by atoms with E-state index < -0.39 is 0 Å². The fourth-order valence-corrected chi connectivity index (χ4v) is 2.99. The zero-order valence-corrected chi connectivity index (χ0v) is 14.9. The predicted octanol–water partition coefficient (Wildman–Crippen LogP) is 3.23. The lowest BCUT2D eigenvalue weighted by Gasteiger charge is -2.08. The number of ether oxygens (including phenoxy) is 1. The molecule has 0 fully saturated rings. The molecule has 0 saturated heterocycles. The highest BCUT2D eigenvalue weighted by Crippen LogP contribution is 2.21. The summed E-state index contributed by atoms with van der Waals surface area (Å²) in [5.41, 5.74) is 3.74. The van der Waals surface area contributed by atoms with E-state index in [4.69, 9.17) is 4.74 Å². The van der Waals surface area contributed by atoms with Crippen molar-refractivity contribution in [3.8, 4) is 5.69 Å². The predicted molar refractivity (Wildman–Crippen MR) is 96.1 cm³/mol. The Labute approximate surface area is 150 Å². The molecule has 0 N–H and O–H groups in total. The van der Waals surface area contributed by atoms with Crippen molar-refractivity contribution >= 4 is 17.7 Å². The molecule has 0 bridgehead atoms. The van der Waals surface area contributed by atoms with Crippen LogP contribution in [0.5, 0.6) is 0 Å². The van der Waals surface area contributed by atoms with Crippen molar-refractivity contribution < 1.29 is 9.53 Å². The van der Waals surface area contributed by atoms with Crippen molar-refractivity contribution in [1.29, 1.82) is 0 Å². The van der Waals surface area contributed by atoms with Gasteiger partial charge >= 0.3 is 5.97 Å². The van der Waals surface area contributed by atoms with Crippen LogP contribution in [-0.4, -0.2) is 38.5 Å². The standard InChI is InChI=1S/C18H18N4O2S/c1-13-8-9-14(2)16(12-13)22-18(19-20-21-22)25-11-10-24-17(23)15-6-4-3-5-7-15/h3-9,12H,10-11H2,1-2H3. The second-order valence-corrected chi connectivity index (χ2v) is 6.58. The summed E-state index contributed by atoms with van der Waals surface area (Å²) in [7, 11) is 0. The Hall–Kier alpha value is -2.67. The average molecular weight is 354 g/mol. The smallest absolute Gasteiger partial charge is 0.338 e. The molecule has 128 valence electrons. The summed E-state index contributed by atoms with van der Waals surface area (Å²) in [5.74, 6) is 0.249. The number of thioether (sulfide) groups is 1. The van der Waals surface area contributed by atoms with Crippen molar-refractivity contribution in [2.75, 3.05) is 12.4 Å². The number of aryl methyl sites for hydroxylation is 2. The second-order valence-electron chi connectivity index (χ2n) is 5.51. The molecule has 25 heavy (non-hydrogen) atoms. The number of nitrogens with zero attached hydrogens (tertiary/aromatic N) is 4. The van der Waals surface area contributed by atoms with Gasteiger partial charge in [-0.2, -0.15) is 4.68 Å². The van der Waals surface area contributed by atoms with Gasteiger partial charge in [-0.15, -0.1) is 5.10 Å². The maximum Gasteiger partial charge on any atom is 0.338 e. The minimum atomic E-state index is -0.324. The molecule has 0 aliphatic rings. The van der Waals surface area contributed by atoms with E-state index in [1.165, 1.54) is 11.8 Å². The number of carbonyl (C=O) groups is 1. The molecule has 7 heteroatoms. The van der Waals surface area contributed by atoms with Crippen molar-refractivity contribution in [1.82, 2.24) is 20.2 Å². The van der Waals surface area contributed by atoms with Gasteiger partial charge in [-0.1, -0.05) is 42.1 Å². The topological polar surface area (TPSA) is 69.9 Å². The van der Waals surface area contributed by atoms with E-state index in [0.29, 0.717) is 16.5 Å². The zero-order valence-electron chi connectivity index (χ0n) is 14.0. The largest absolute Gasteiger partial charge is 0.461 e. The number of aromatic nitrogens is 4. The molecule has 3 rings (SSSR count). The van der Waals surface area contributed by atoms with Crippen LogP contribution in [0.25, 0.3) is 5.69 Å². The van der Waals surface area contributed by atoms with Gasteiger partial charge in [-0.3, -0.25) is 0 Å². The van der Waals surface area contributed by atoms with E-state index in [9.17, 15) is 4.79 Å². The van der Waals surface area contributed by atoms with Gasteiger partial charge in [-0.05, 0) is 53.6 Å². The zero-order chi connectivity index (χ0) is 17.6. The molecule has 0 atom stereocenters. The summed E-state index contributed by atoms with van der Waals surface area (Å²) >= 11 is 1.45. The lowest BCUT2D eigenvalue weighted by atomic mass is 10.1. The Kier molecular flexibility index (Phi) is 5.45. The van der Waals surface area contributed by atoms with Gasteiger partial charge in [0.25, 0.3) is 0 Å². The fraction of sp³-hybridized carbons (Fsp3) is 0.222. The molecular formula is C18H18N4O2S. The van der Waals surface area contributed by atoms with Crippen LogP contribution in [0, 0.1) is 13.8 Å². The molecule has 1 heterocycles. The molecule has 2 aromatic carbocycles. The summed E-state index contributed by atoms with van der Waals surface area (Å²) in [4.78, 5) is 11.9. The summed E-state index contributed by atoms with van der Waals surface area (Å²) in [6.45, 7) is 4.34. The first kappa shape index (κ1) is 17.2. The number of carbonyl (C=O) groups excluding carboxylic acids is 1. The van der Waals surface area contributed by atoms with Crippen molar-refractivity contribution in [2.45, 2.75) is 19.0 Å². The molecule has 0 aliphatic heterocycles. The van der Waals surface area contributed by atoms with Crippen molar-refractivity contribution in [3.05, 3.63) is 65.2 Å². The first-order valence-electron chi connectivity index (χ1n) is 7.86. The molecule has 0 spiro atoms. The van der Waals surface area contributed by atoms with Crippen LogP contribution in [0.4, 0.5) is 0 Å². The number of tetrazole rings is 1. The Bertz CT molecular complexity index is 865. The van der Waals surface area contributed by atoms with Gasteiger partial charge < -0.3 is 4.74 Å². The van der Waals surface area contributed by atoms with Gasteiger partial charge in [0.05, 0.1) is 11.3 Å². The van der Waals surface area contributed by atoms with E-state index in [1.54, 1.807) is 16.8 Å². The van der Waals surface area contributed by atoms with Crippen molar-refractivity contribution in [2.24, 2.45) is 0 Å². The average Bonchev–Trinajstić information content (AvgIpc) is 3.09. The third kappa shape index (κ3) is 4.24. The maximum absolute atomic E-state index is 11.9. The van der Waals surface area contributed by atoms with E-state index in [1.807, 2.05) is 44.2 Å². The Morgan fingerprint density at radius 1 is 1.16 bits per heavy atom. The van der Waals surface area contributed by atoms with Crippen molar-refractivity contribution in [3.63, 3.8) is 0 Å². The number of esters is 1. The van der Waals surface area contributed by atoms with E-state index in [2.05, 4.69) is 21.6 Å². The SMILES string of the molecule is Cc1ccc(C)c(-n2nnnc2SCCOC(=O)c2ccccc2)c1. The monoisotopic (exact) mass is 354 g/mol.